The molecule has 6 aromatic rings. The maximum atomic E-state index is 2.42. The molecule has 8 rings (SSSR count). The molecule has 0 fully saturated rings. The van der Waals surface area contributed by atoms with E-state index in [-0.39, 0.29) is 0 Å². The molecule has 0 saturated carbocycles. The quantitative estimate of drug-likeness (QED) is 0.169. The van der Waals surface area contributed by atoms with Gasteiger partial charge in [-0.3, -0.25) is 0 Å². The predicted molar refractivity (Wildman–Crippen MR) is 220 cm³/mol. The van der Waals surface area contributed by atoms with Crippen molar-refractivity contribution in [2.24, 2.45) is 5.92 Å². The second-order valence-corrected chi connectivity index (χ2v) is 13.2. The highest BCUT2D eigenvalue weighted by molar-refractivity contribution is 6.15. The molecule has 1 atom stereocenters. The summed E-state index contributed by atoms with van der Waals surface area (Å²) in [6.45, 7) is 10.7. The molecule has 252 valence electrons. The summed E-state index contributed by atoms with van der Waals surface area (Å²) in [6.07, 6.45) is 19.8. The first kappa shape index (κ1) is 34.7. The normalized spacial score (nSPS) is 14.3. The molecule has 0 spiro atoms. The standard InChI is InChI=1S/C37H29N.C10H16.C2H6/c1-26-17-19-28(20-18-26)29-21-23-30(24-22-29)33-14-8-16-36-37(33)34-13-5-6-15-35(34)38(36)32-12-7-11-31(25-32)27-9-3-2-4-10-27;1-3-9(2)10-7-5-4-6-8-10;1-2/h3,5-25H,2,4H2,1H3;5,7-9H,3-4,6H2,1-2H3;1-2H3. The van der Waals surface area contributed by atoms with Crippen LogP contribution in [-0.2, 0) is 0 Å². The van der Waals surface area contributed by atoms with Crippen LogP contribution < -0.4 is 0 Å². The van der Waals surface area contributed by atoms with Crippen LogP contribution in [0.1, 0.15) is 70.9 Å². The van der Waals surface area contributed by atoms with Crippen molar-refractivity contribution in [3.05, 3.63) is 168 Å². The molecule has 2 aliphatic rings. The number of allylic oxidation sites excluding steroid dienone is 8. The van der Waals surface area contributed by atoms with E-state index in [2.05, 4.69) is 177 Å². The molecule has 1 aromatic heterocycles. The average molecular weight is 654 g/mol. The van der Waals surface area contributed by atoms with Crippen LogP contribution in [0.2, 0.25) is 0 Å². The predicted octanol–water partition coefficient (Wildman–Crippen LogP) is 14.5. The monoisotopic (exact) mass is 653 g/mol. The molecule has 50 heavy (non-hydrogen) atoms. The Morgan fingerprint density at radius 1 is 0.600 bits per heavy atom. The summed E-state index contributed by atoms with van der Waals surface area (Å²) >= 11 is 0. The fourth-order valence-corrected chi connectivity index (χ4v) is 7.01. The maximum Gasteiger partial charge on any atom is 0.0547 e. The van der Waals surface area contributed by atoms with Gasteiger partial charge >= 0.3 is 0 Å². The van der Waals surface area contributed by atoms with Crippen LogP contribution in [0.3, 0.4) is 0 Å². The van der Waals surface area contributed by atoms with Crippen LogP contribution in [0.5, 0.6) is 0 Å². The molecule has 2 aliphatic carbocycles. The first-order chi connectivity index (χ1) is 24.6. The Morgan fingerprint density at radius 2 is 1.24 bits per heavy atom. The number of para-hydroxylation sites is 1. The number of benzene rings is 5. The minimum atomic E-state index is 0.761. The van der Waals surface area contributed by atoms with Crippen LogP contribution >= 0.6 is 0 Å². The van der Waals surface area contributed by atoms with E-state index in [0.717, 1.165) is 18.8 Å². The van der Waals surface area contributed by atoms with Crippen LogP contribution in [0.25, 0.3) is 55.3 Å². The van der Waals surface area contributed by atoms with Crippen LogP contribution in [0.15, 0.2) is 157 Å². The molecule has 0 aliphatic heterocycles. The number of hydrogen-bond acceptors (Lipinski definition) is 0. The van der Waals surface area contributed by atoms with Gasteiger partial charge in [0, 0.05) is 16.5 Å². The molecule has 0 amide bonds. The number of fused-ring (bicyclic) bond motifs is 3. The molecule has 0 N–H and O–H groups in total. The molecule has 0 bridgehead atoms. The lowest BCUT2D eigenvalue weighted by molar-refractivity contribution is 0.662. The Labute approximate surface area is 300 Å². The first-order valence-corrected chi connectivity index (χ1v) is 18.6. The maximum absolute atomic E-state index is 2.42. The van der Waals surface area contributed by atoms with Crippen molar-refractivity contribution in [3.8, 4) is 27.9 Å². The van der Waals surface area contributed by atoms with E-state index in [4.69, 9.17) is 0 Å². The molecular formula is C49H51N. The fraction of sp³-hybridized carbons (Fsp3) is 0.224. The van der Waals surface area contributed by atoms with Crippen LogP contribution in [0.4, 0.5) is 0 Å². The minimum Gasteiger partial charge on any atom is -0.309 e. The number of aromatic nitrogens is 1. The average Bonchev–Trinajstić information content (AvgIpc) is 3.54. The summed E-state index contributed by atoms with van der Waals surface area (Å²) in [6, 6.07) is 42.2. The van der Waals surface area contributed by atoms with Gasteiger partial charge in [-0.25, -0.2) is 0 Å². The topological polar surface area (TPSA) is 4.93 Å². The summed E-state index contributed by atoms with van der Waals surface area (Å²) in [4.78, 5) is 0. The number of hydrogen-bond donors (Lipinski definition) is 0. The highest BCUT2D eigenvalue weighted by Gasteiger charge is 2.16. The Kier molecular flexibility index (Phi) is 11.5. The molecule has 1 unspecified atom stereocenters. The highest BCUT2D eigenvalue weighted by atomic mass is 15.0. The second-order valence-electron chi connectivity index (χ2n) is 13.2. The van der Waals surface area contributed by atoms with Crippen molar-refractivity contribution >= 4 is 27.4 Å². The summed E-state index contributed by atoms with van der Waals surface area (Å²) in [7, 11) is 0. The summed E-state index contributed by atoms with van der Waals surface area (Å²) < 4.78 is 2.42. The van der Waals surface area contributed by atoms with Crippen LogP contribution in [0, 0.1) is 12.8 Å². The number of nitrogens with zero attached hydrogens (tertiary/aromatic N) is 1. The zero-order chi connectivity index (χ0) is 34.9. The van der Waals surface area contributed by atoms with Gasteiger partial charge in [-0.15, -0.1) is 0 Å². The number of rotatable bonds is 6. The van der Waals surface area contributed by atoms with E-state index in [9.17, 15) is 0 Å². The van der Waals surface area contributed by atoms with E-state index < -0.39 is 0 Å². The van der Waals surface area contributed by atoms with E-state index in [1.54, 1.807) is 0 Å². The van der Waals surface area contributed by atoms with Gasteiger partial charge in [0.25, 0.3) is 0 Å². The zero-order valence-corrected chi connectivity index (χ0v) is 30.5. The first-order valence-electron chi connectivity index (χ1n) is 18.6. The van der Waals surface area contributed by atoms with Gasteiger partial charge in [-0.1, -0.05) is 161 Å². The van der Waals surface area contributed by atoms with Gasteiger partial charge in [-0.2, -0.15) is 0 Å². The molecular weight excluding hydrogens is 603 g/mol. The van der Waals surface area contributed by atoms with Crippen molar-refractivity contribution in [3.63, 3.8) is 0 Å². The van der Waals surface area contributed by atoms with Crippen molar-refractivity contribution < 1.29 is 0 Å². The Morgan fingerprint density at radius 3 is 1.92 bits per heavy atom. The van der Waals surface area contributed by atoms with Gasteiger partial charge in [0.15, 0.2) is 0 Å². The Bertz CT molecular complexity index is 2160. The van der Waals surface area contributed by atoms with Crippen molar-refractivity contribution in [1.82, 2.24) is 4.57 Å². The van der Waals surface area contributed by atoms with Gasteiger partial charge in [0.2, 0.25) is 0 Å². The van der Waals surface area contributed by atoms with Gasteiger partial charge in [0.05, 0.1) is 11.0 Å². The smallest absolute Gasteiger partial charge is 0.0547 e. The fourth-order valence-electron chi connectivity index (χ4n) is 7.01. The van der Waals surface area contributed by atoms with E-state index in [1.807, 2.05) is 13.8 Å². The third-order valence-corrected chi connectivity index (χ3v) is 9.92. The highest BCUT2D eigenvalue weighted by Crippen LogP contribution is 2.39. The van der Waals surface area contributed by atoms with Crippen molar-refractivity contribution in [2.75, 3.05) is 0 Å². The number of aryl methyl sites for hydroxylation is 1. The van der Waals surface area contributed by atoms with Crippen molar-refractivity contribution in [2.45, 2.75) is 66.7 Å². The molecule has 1 nitrogen and oxygen atoms in total. The molecule has 5 aromatic carbocycles. The van der Waals surface area contributed by atoms with E-state index >= 15 is 0 Å². The van der Waals surface area contributed by atoms with E-state index in [0.29, 0.717) is 0 Å². The van der Waals surface area contributed by atoms with Gasteiger partial charge in [0.1, 0.15) is 0 Å². The zero-order valence-electron chi connectivity index (χ0n) is 30.5. The lowest BCUT2D eigenvalue weighted by Gasteiger charge is -2.12. The lowest BCUT2D eigenvalue weighted by Crippen LogP contribution is -1.96. The largest absolute Gasteiger partial charge is 0.309 e. The van der Waals surface area contributed by atoms with Gasteiger partial charge < -0.3 is 4.57 Å². The van der Waals surface area contributed by atoms with Crippen molar-refractivity contribution in [1.29, 1.82) is 0 Å². The molecule has 0 saturated heterocycles. The Hall–Kier alpha value is -5.14. The SMILES string of the molecule is CC.CCC(C)C1=CCCC=C1.Cc1ccc(-c2ccc(-c3cccc4c3c3ccccc3n4-c3cccc(C4=CCCC=C4)c3)cc2)cc1. The van der Waals surface area contributed by atoms with Gasteiger partial charge in [-0.05, 0) is 108 Å². The molecule has 1 heteroatoms. The molecule has 1 heterocycles. The minimum absolute atomic E-state index is 0.761. The summed E-state index contributed by atoms with van der Waals surface area (Å²) in [5.74, 6) is 0.761. The van der Waals surface area contributed by atoms with Crippen LogP contribution in [-0.4, -0.2) is 4.57 Å². The third-order valence-electron chi connectivity index (χ3n) is 9.92. The second kappa shape index (κ2) is 16.5. The molecule has 0 radical (unpaired) electrons. The van der Waals surface area contributed by atoms with E-state index in [1.165, 1.54) is 91.3 Å². The summed E-state index contributed by atoms with van der Waals surface area (Å²) in [5, 5.41) is 2.58. The summed E-state index contributed by atoms with van der Waals surface area (Å²) in [5.41, 5.74) is 14.1. The lowest BCUT2D eigenvalue weighted by atomic mass is 9.94. The third kappa shape index (κ3) is 7.53. The Balaban J connectivity index is 0.000000309.